The number of nitrogens with one attached hydrogen (secondary N) is 1. The second kappa shape index (κ2) is 3.56. The maximum atomic E-state index is 11.2. The van der Waals surface area contributed by atoms with Crippen molar-refractivity contribution in [1.82, 2.24) is 5.43 Å². The molecule has 1 fully saturated rings. The van der Waals surface area contributed by atoms with E-state index in [0.29, 0.717) is 11.5 Å². The SMILES string of the molecule is C=C1C(=O)NN=C1C1CCC[C@@H](C)C1. The van der Waals surface area contributed by atoms with Crippen LogP contribution >= 0.6 is 0 Å². The zero-order chi connectivity index (χ0) is 10.1. The van der Waals surface area contributed by atoms with E-state index in [9.17, 15) is 4.79 Å². The van der Waals surface area contributed by atoms with Gasteiger partial charge in [0.15, 0.2) is 0 Å². The molecule has 1 aliphatic carbocycles. The summed E-state index contributed by atoms with van der Waals surface area (Å²) < 4.78 is 0. The van der Waals surface area contributed by atoms with E-state index in [4.69, 9.17) is 0 Å². The molecule has 1 N–H and O–H groups in total. The van der Waals surface area contributed by atoms with Crippen LogP contribution in [0, 0.1) is 11.8 Å². The molecule has 1 unspecified atom stereocenters. The van der Waals surface area contributed by atoms with Crippen molar-refractivity contribution in [3.05, 3.63) is 12.2 Å². The summed E-state index contributed by atoms with van der Waals surface area (Å²) in [5.41, 5.74) is 3.96. The lowest BCUT2D eigenvalue weighted by atomic mass is 9.78. The monoisotopic (exact) mass is 192 g/mol. The maximum absolute atomic E-state index is 11.2. The Kier molecular flexibility index (Phi) is 2.40. The number of carbonyl (C=O) groups excluding carboxylic acids is 1. The smallest absolute Gasteiger partial charge is 0.267 e. The number of hydrogen-bond acceptors (Lipinski definition) is 2. The van der Waals surface area contributed by atoms with Crippen LogP contribution in [0.3, 0.4) is 0 Å². The van der Waals surface area contributed by atoms with Crippen LogP contribution in [-0.4, -0.2) is 11.6 Å². The second-order valence-electron chi connectivity index (χ2n) is 4.39. The van der Waals surface area contributed by atoms with Gasteiger partial charge in [-0.05, 0) is 18.8 Å². The van der Waals surface area contributed by atoms with E-state index in [2.05, 4.69) is 24.0 Å². The first-order chi connectivity index (χ1) is 6.68. The van der Waals surface area contributed by atoms with Gasteiger partial charge in [0.05, 0.1) is 11.3 Å². The lowest BCUT2D eigenvalue weighted by molar-refractivity contribution is -0.116. The summed E-state index contributed by atoms with van der Waals surface area (Å²) in [4.78, 5) is 11.2. The highest BCUT2D eigenvalue weighted by molar-refractivity contribution is 6.24. The van der Waals surface area contributed by atoms with Crippen molar-refractivity contribution in [2.45, 2.75) is 32.6 Å². The quantitative estimate of drug-likeness (QED) is 0.633. The fraction of sp³-hybridized carbons (Fsp3) is 0.636. The Hall–Kier alpha value is -1.12. The van der Waals surface area contributed by atoms with E-state index in [0.717, 1.165) is 24.5 Å². The van der Waals surface area contributed by atoms with E-state index in [1.165, 1.54) is 12.8 Å². The molecule has 0 saturated heterocycles. The van der Waals surface area contributed by atoms with Gasteiger partial charge in [-0.3, -0.25) is 4.79 Å². The van der Waals surface area contributed by atoms with Gasteiger partial charge in [0.1, 0.15) is 0 Å². The summed E-state index contributed by atoms with van der Waals surface area (Å²) >= 11 is 0. The lowest BCUT2D eigenvalue weighted by Crippen LogP contribution is -2.22. The predicted molar refractivity (Wildman–Crippen MR) is 55.8 cm³/mol. The number of hydrazone groups is 1. The highest BCUT2D eigenvalue weighted by atomic mass is 16.2. The largest absolute Gasteiger partial charge is 0.272 e. The van der Waals surface area contributed by atoms with Crippen molar-refractivity contribution in [3.8, 4) is 0 Å². The Bertz CT molecular complexity index is 306. The highest BCUT2D eigenvalue weighted by Gasteiger charge is 2.30. The zero-order valence-electron chi connectivity index (χ0n) is 8.55. The minimum Gasteiger partial charge on any atom is -0.267 e. The van der Waals surface area contributed by atoms with Crippen LogP contribution in [0.1, 0.15) is 32.6 Å². The van der Waals surface area contributed by atoms with E-state index in [1.807, 2.05) is 0 Å². The summed E-state index contributed by atoms with van der Waals surface area (Å²) in [7, 11) is 0. The lowest BCUT2D eigenvalue weighted by Gasteiger charge is -2.26. The average molecular weight is 192 g/mol. The Balaban J connectivity index is 2.08. The normalized spacial score (nSPS) is 32.8. The molecule has 1 amide bonds. The van der Waals surface area contributed by atoms with Gasteiger partial charge in [0, 0.05) is 5.92 Å². The first-order valence-corrected chi connectivity index (χ1v) is 5.25. The molecule has 1 heterocycles. The molecule has 2 rings (SSSR count). The summed E-state index contributed by atoms with van der Waals surface area (Å²) in [6.07, 6.45) is 4.84. The first kappa shape index (κ1) is 9.44. The van der Waals surface area contributed by atoms with Gasteiger partial charge < -0.3 is 0 Å². The van der Waals surface area contributed by atoms with Crippen LogP contribution in [0.25, 0.3) is 0 Å². The molecule has 14 heavy (non-hydrogen) atoms. The molecule has 2 atom stereocenters. The molecule has 76 valence electrons. The number of hydrogen-bond donors (Lipinski definition) is 1. The molecule has 1 aliphatic heterocycles. The van der Waals surface area contributed by atoms with Gasteiger partial charge in [-0.2, -0.15) is 5.10 Å². The molecule has 0 radical (unpaired) electrons. The van der Waals surface area contributed by atoms with Crippen molar-refractivity contribution in [2.75, 3.05) is 0 Å². The van der Waals surface area contributed by atoms with Crippen molar-refractivity contribution >= 4 is 11.6 Å². The minimum absolute atomic E-state index is 0.127. The number of nitrogens with zero attached hydrogens (tertiary/aromatic N) is 1. The minimum atomic E-state index is -0.127. The first-order valence-electron chi connectivity index (χ1n) is 5.25. The molecule has 1 saturated carbocycles. The highest BCUT2D eigenvalue weighted by Crippen LogP contribution is 2.31. The van der Waals surface area contributed by atoms with E-state index in [1.54, 1.807) is 0 Å². The Morgan fingerprint density at radius 3 is 2.86 bits per heavy atom. The molecule has 0 spiro atoms. The van der Waals surface area contributed by atoms with Gasteiger partial charge in [-0.25, -0.2) is 5.43 Å². The summed E-state index contributed by atoms with van der Waals surface area (Å²) in [6.45, 7) is 6.04. The topological polar surface area (TPSA) is 41.5 Å². The van der Waals surface area contributed by atoms with Crippen LogP contribution < -0.4 is 5.43 Å². The number of carbonyl (C=O) groups is 1. The fourth-order valence-electron chi connectivity index (χ4n) is 2.38. The van der Waals surface area contributed by atoms with Gasteiger partial charge in [0.2, 0.25) is 0 Å². The van der Waals surface area contributed by atoms with E-state index in [-0.39, 0.29) is 5.91 Å². The molecule has 0 aromatic rings. The summed E-state index contributed by atoms with van der Waals surface area (Å²) in [6, 6.07) is 0. The van der Waals surface area contributed by atoms with Gasteiger partial charge in [0.25, 0.3) is 5.91 Å². The van der Waals surface area contributed by atoms with E-state index >= 15 is 0 Å². The van der Waals surface area contributed by atoms with Crippen LogP contribution in [0.5, 0.6) is 0 Å². The van der Waals surface area contributed by atoms with Gasteiger partial charge >= 0.3 is 0 Å². The van der Waals surface area contributed by atoms with Crippen LogP contribution in [0.4, 0.5) is 0 Å². The van der Waals surface area contributed by atoms with Crippen LogP contribution in [0.2, 0.25) is 0 Å². The van der Waals surface area contributed by atoms with Crippen molar-refractivity contribution < 1.29 is 4.79 Å². The molecule has 3 heteroatoms. The molecule has 2 aliphatic rings. The van der Waals surface area contributed by atoms with Gasteiger partial charge in [-0.1, -0.05) is 26.3 Å². The van der Waals surface area contributed by atoms with E-state index < -0.39 is 0 Å². The summed E-state index contributed by atoms with van der Waals surface area (Å²) in [5.74, 6) is 1.07. The summed E-state index contributed by atoms with van der Waals surface area (Å²) in [5, 5.41) is 4.07. The molecule has 3 nitrogen and oxygen atoms in total. The van der Waals surface area contributed by atoms with Crippen molar-refractivity contribution in [1.29, 1.82) is 0 Å². The standard InChI is InChI=1S/C11H16N2O/c1-7-4-3-5-9(6-7)10-8(2)11(14)13-12-10/h7,9H,2-6H2,1H3,(H,13,14)/t7-,9?/m1/s1. The zero-order valence-corrected chi connectivity index (χ0v) is 8.55. The average Bonchev–Trinajstić information content (AvgIpc) is 2.48. The third kappa shape index (κ3) is 1.59. The Morgan fingerprint density at radius 2 is 2.29 bits per heavy atom. The van der Waals surface area contributed by atoms with Crippen LogP contribution in [0.15, 0.2) is 17.3 Å². The second-order valence-corrected chi connectivity index (χ2v) is 4.39. The molecule has 0 bridgehead atoms. The predicted octanol–water partition coefficient (Wildman–Crippen LogP) is 1.85. The number of amides is 1. The number of rotatable bonds is 1. The maximum Gasteiger partial charge on any atom is 0.272 e. The Labute approximate surface area is 84.3 Å². The van der Waals surface area contributed by atoms with Gasteiger partial charge in [-0.15, -0.1) is 0 Å². The third-order valence-corrected chi connectivity index (χ3v) is 3.18. The molecule has 0 aromatic heterocycles. The van der Waals surface area contributed by atoms with Crippen molar-refractivity contribution in [3.63, 3.8) is 0 Å². The molecule has 0 aromatic carbocycles. The third-order valence-electron chi connectivity index (χ3n) is 3.18. The van der Waals surface area contributed by atoms with Crippen molar-refractivity contribution in [2.24, 2.45) is 16.9 Å². The molecular weight excluding hydrogens is 176 g/mol. The Morgan fingerprint density at radius 1 is 1.50 bits per heavy atom. The molecular formula is C11H16N2O. The van der Waals surface area contributed by atoms with Crippen LogP contribution in [-0.2, 0) is 4.79 Å². The fourth-order valence-corrected chi connectivity index (χ4v) is 2.38.